The second-order valence-electron chi connectivity index (χ2n) is 0.274. The molecule has 0 heterocycles. The topological polar surface area (TPSA) is 66.9 Å². The van der Waals surface area contributed by atoms with Gasteiger partial charge in [0.2, 0.25) is 0 Å². The largest absolute Gasteiger partial charge is 0.753 e. The summed E-state index contributed by atoms with van der Waals surface area (Å²) in [5.74, 6) is 0. The molecule has 0 saturated carbocycles. The van der Waals surface area contributed by atoms with Crippen LogP contribution in [0.15, 0.2) is 0 Å². The first kappa shape index (κ1) is 22.5. The predicted octanol–water partition coefficient (Wildman–Crippen LogP) is 1.97. The average Bonchev–Trinajstić information content (AvgIpc) is 1.70. The summed E-state index contributed by atoms with van der Waals surface area (Å²) >= 11 is 11.1. The van der Waals surface area contributed by atoms with E-state index in [0.29, 0.717) is 0 Å². The van der Waals surface area contributed by atoms with Crippen molar-refractivity contribution in [3.05, 3.63) is 16.2 Å². The van der Waals surface area contributed by atoms with E-state index in [2.05, 4.69) is 36.7 Å². The van der Waals surface area contributed by atoms with Crippen LogP contribution in [0.25, 0.3) is 16.2 Å². The molecule has 0 amide bonds. The van der Waals surface area contributed by atoms with E-state index in [1.807, 2.05) is 0 Å². The van der Waals surface area contributed by atoms with Crippen LogP contribution in [0.3, 0.4) is 0 Å². The van der Waals surface area contributed by atoms with Crippen molar-refractivity contribution in [3.8, 4) is 0 Å². The fraction of sp³-hybridized carbons (Fsp3) is 0. The molecule has 0 atom stereocenters. The molecule has 0 N–H and O–H groups in total. The number of rotatable bonds is 0. The van der Waals surface area contributed by atoms with Gasteiger partial charge in [0.15, 0.2) is 0 Å². The minimum atomic E-state index is 0. The van der Waals surface area contributed by atoms with Crippen LogP contribution < -0.4 is 0 Å². The standard InChI is InChI=1S/3CNS.V/c3*2-1-3;/q3*-1;. The van der Waals surface area contributed by atoms with Gasteiger partial charge in [0.1, 0.15) is 0 Å². The summed E-state index contributed by atoms with van der Waals surface area (Å²) in [4.78, 5) is 0. The fourth-order valence-electron chi connectivity index (χ4n) is 0. The Labute approximate surface area is 86.6 Å². The summed E-state index contributed by atoms with van der Waals surface area (Å²) in [6.45, 7) is 0. The van der Waals surface area contributed by atoms with Crippen molar-refractivity contribution in [3.63, 3.8) is 0 Å². The Morgan fingerprint density at radius 2 is 0.700 bits per heavy atom. The van der Waals surface area contributed by atoms with Gasteiger partial charge in [-0.3, -0.25) is 0 Å². The summed E-state index contributed by atoms with van der Waals surface area (Å²) < 4.78 is 0. The van der Waals surface area contributed by atoms with E-state index in [1.54, 1.807) is 0 Å². The van der Waals surface area contributed by atoms with Crippen LogP contribution in [-0.4, -0.2) is 15.5 Å². The molecule has 0 bridgehead atoms. The van der Waals surface area contributed by atoms with Gasteiger partial charge in [0.25, 0.3) is 0 Å². The number of nitrogens with zero attached hydrogens (tertiary/aromatic N) is 3. The van der Waals surface area contributed by atoms with E-state index >= 15 is 0 Å². The quantitative estimate of drug-likeness (QED) is 0.467. The first-order chi connectivity index (χ1) is 4.24. The van der Waals surface area contributed by atoms with Gasteiger partial charge >= 0.3 is 0 Å². The summed E-state index contributed by atoms with van der Waals surface area (Å²) in [5.41, 5.74) is 0. The van der Waals surface area contributed by atoms with Crippen molar-refractivity contribution < 1.29 is 18.6 Å². The smallest absolute Gasteiger partial charge is 0 e. The van der Waals surface area contributed by atoms with Crippen LogP contribution in [0.4, 0.5) is 0 Å². The minimum absolute atomic E-state index is 0. The molecule has 3 nitrogen and oxygen atoms in total. The van der Waals surface area contributed by atoms with Crippen molar-refractivity contribution in [2.24, 2.45) is 0 Å². The van der Waals surface area contributed by atoms with Crippen LogP contribution in [-0.2, 0) is 18.6 Å². The molecule has 0 aliphatic heterocycles. The van der Waals surface area contributed by atoms with E-state index in [-0.39, 0.29) is 18.6 Å². The zero-order valence-corrected chi connectivity index (χ0v) is 8.36. The maximum absolute atomic E-state index is 7.13. The SMILES string of the molecule is [N-]=C=S.[N-]=C=S.[N-]=C=S.[V]. The Balaban J connectivity index is -0.0000000257. The van der Waals surface area contributed by atoms with Crippen molar-refractivity contribution in [2.45, 2.75) is 0 Å². The van der Waals surface area contributed by atoms with Gasteiger partial charge < -0.3 is 16.2 Å². The van der Waals surface area contributed by atoms with E-state index in [4.69, 9.17) is 16.2 Å². The Kier molecular flexibility index (Phi) is 145. The predicted molar refractivity (Wildman–Crippen MR) is 47.9 cm³/mol. The number of isothiocyanates is 3. The third kappa shape index (κ3) is 1600000. The zero-order chi connectivity index (χ0) is 8.12. The van der Waals surface area contributed by atoms with Gasteiger partial charge in [0.05, 0.1) is 0 Å². The Morgan fingerprint density at radius 1 is 0.700 bits per heavy atom. The third-order valence-corrected chi connectivity index (χ3v) is 0. The minimum Gasteiger partial charge on any atom is -0.753 e. The summed E-state index contributed by atoms with van der Waals surface area (Å²) in [6, 6.07) is 0. The molecule has 7 heteroatoms. The molecule has 0 aromatic rings. The Bertz CT molecular complexity index is 111. The molecule has 1 radical (unpaired) electrons. The molecule has 0 aliphatic carbocycles. The fourth-order valence-corrected chi connectivity index (χ4v) is 0. The molecule has 10 heavy (non-hydrogen) atoms. The normalized spacial score (nSPS) is 2.40. The summed E-state index contributed by atoms with van der Waals surface area (Å²) in [6.07, 6.45) is 0. The Morgan fingerprint density at radius 3 is 0.700 bits per heavy atom. The average molecular weight is 225 g/mol. The number of hydrogen-bond acceptors (Lipinski definition) is 3. The van der Waals surface area contributed by atoms with Crippen LogP contribution in [0, 0.1) is 0 Å². The zero-order valence-electron chi connectivity index (χ0n) is 4.51. The van der Waals surface area contributed by atoms with Crippen molar-refractivity contribution in [1.29, 1.82) is 0 Å². The number of hydrogen-bond donors (Lipinski definition) is 0. The third-order valence-electron chi connectivity index (χ3n) is 0. The maximum atomic E-state index is 7.13. The molecule has 0 fully saturated rings. The number of thiocarbonyl (C=S) groups is 3. The second kappa shape index (κ2) is 64.3. The Hall–Kier alpha value is -0.0156. The van der Waals surface area contributed by atoms with E-state index in [0.717, 1.165) is 0 Å². The summed E-state index contributed by atoms with van der Waals surface area (Å²) in [5, 5.41) is 25.4. The van der Waals surface area contributed by atoms with Crippen molar-refractivity contribution >= 4 is 52.1 Å². The van der Waals surface area contributed by atoms with E-state index < -0.39 is 0 Å². The molecule has 53 valence electrons. The monoisotopic (exact) mass is 225 g/mol. The first-order valence-corrected chi connectivity index (χ1v) is 2.51. The van der Waals surface area contributed by atoms with Crippen molar-refractivity contribution in [2.75, 3.05) is 0 Å². The first-order valence-electron chi connectivity index (χ1n) is 1.28. The molecular formula is C3N3S3V-3. The van der Waals surface area contributed by atoms with Gasteiger partial charge in [-0.05, 0) is 0 Å². The van der Waals surface area contributed by atoms with E-state index in [1.165, 1.54) is 15.5 Å². The van der Waals surface area contributed by atoms with Crippen molar-refractivity contribution in [1.82, 2.24) is 0 Å². The molecule has 0 rings (SSSR count). The van der Waals surface area contributed by atoms with Crippen LogP contribution >= 0.6 is 36.7 Å². The van der Waals surface area contributed by atoms with E-state index in [9.17, 15) is 0 Å². The molecular weight excluding hydrogens is 225 g/mol. The summed E-state index contributed by atoms with van der Waals surface area (Å²) in [7, 11) is 0. The molecule has 0 unspecified atom stereocenters. The van der Waals surface area contributed by atoms with Crippen LogP contribution in [0.1, 0.15) is 0 Å². The van der Waals surface area contributed by atoms with Crippen LogP contribution in [0.5, 0.6) is 0 Å². The second-order valence-corrected chi connectivity index (χ2v) is 0.822. The molecule has 0 saturated heterocycles. The van der Waals surface area contributed by atoms with Gasteiger partial charge in [-0.25, -0.2) is 0 Å². The molecule has 0 aromatic carbocycles. The van der Waals surface area contributed by atoms with Gasteiger partial charge in [-0.2, -0.15) is 15.5 Å². The van der Waals surface area contributed by atoms with Gasteiger partial charge in [0, 0.05) is 18.6 Å². The molecule has 0 spiro atoms. The molecule has 0 aromatic heterocycles. The maximum Gasteiger partial charge on any atom is 0 e. The van der Waals surface area contributed by atoms with Crippen LogP contribution in [0.2, 0.25) is 0 Å². The molecule has 0 aliphatic rings. The van der Waals surface area contributed by atoms with Gasteiger partial charge in [-0.1, -0.05) is 36.7 Å². The van der Waals surface area contributed by atoms with Gasteiger partial charge in [-0.15, -0.1) is 0 Å².